The molecule has 3 heterocycles. The lowest BCUT2D eigenvalue weighted by atomic mass is 9.33. The zero-order valence-electron chi connectivity index (χ0n) is 34.5. The summed E-state index contributed by atoms with van der Waals surface area (Å²) >= 11 is 1.88. The van der Waals surface area contributed by atoms with Gasteiger partial charge in [0.15, 0.2) is 0 Å². The Bertz CT molecular complexity index is 3390. The predicted molar refractivity (Wildman–Crippen MR) is 266 cm³/mol. The van der Waals surface area contributed by atoms with E-state index in [2.05, 4.69) is 235 Å². The fourth-order valence-electron chi connectivity index (χ4n) is 10.9. The van der Waals surface area contributed by atoms with Crippen LogP contribution in [0.5, 0.6) is 0 Å². The van der Waals surface area contributed by atoms with E-state index >= 15 is 0 Å². The zero-order valence-corrected chi connectivity index (χ0v) is 35.3. The van der Waals surface area contributed by atoms with Crippen LogP contribution in [0.3, 0.4) is 0 Å². The summed E-state index contributed by atoms with van der Waals surface area (Å²) in [5.74, 6) is 0. The van der Waals surface area contributed by atoms with E-state index in [0.717, 1.165) is 17.1 Å². The summed E-state index contributed by atoms with van der Waals surface area (Å²) in [4.78, 5) is 7.51. The van der Waals surface area contributed by atoms with E-state index in [1.807, 2.05) is 11.3 Å². The molecule has 0 N–H and O–H groups in total. The van der Waals surface area contributed by atoms with Gasteiger partial charge in [0, 0.05) is 76.6 Å². The van der Waals surface area contributed by atoms with Crippen LogP contribution in [0.4, 0.5) is 51.2 Å². The molecule has 0 amide bonds. The van der Waals surface area contributed by atoms with Crippen molar-refractivity contribution in [3.63, 3.8) is 0 Å². The van der Waals surface area contributed by atoms with Gasteiger partial charge in [-0.05, 0) is 112 Å². The van der Waals surface area contributed by atoms with Gasteiger partial charge in [-0.25, -0.2) is 0 Å². The van der Waals surface area contributed by atoms with Gasteiger partial charge in [0.1, 0.15) is 0 Å². The van der Waals surface area contributed by atoms with Crippen LogP contribution in [0.2, 0.25) is 0 Å². The summed E-state index contributed by atoms with van der Waals surface area (Å²) in [6, 6.07) is 76.6. The van der Waals surface area contributed by atoms with E-state index in [9.17, 15) is 0 Å². The largest absolute Gasteiger partial charge is 0.311 e. The maximum Gasteiger partial charge on any atom is 0.252 e. The number of benzene rings is 9. The molecule has 0 atom stereocenters. The Kier molecular flexibility index (Phi) is 7.62. The second kappa shape index (κ2) is 13.3. The van der Waals surface area contributed by atoms with Gasteiger partial charge in [0.05, 0.1) is 5.69 Å². The third-order valence-electron chi connectivity index (χ3n) is 13.6. The number of nitrogens with zero attached hydrogens (tertiary/aromatic N) is 3. The van der Waals surface area contributed by atoms with E-state index in [1.54, 1.807) is 0 Å². The molecule has 0 spiro atoms. The minimum absolute atomic E-state index is 0.0180. The lowest BCUT2D eigenvalue weighted by Gasteiger charge is -2.44. The van der Waals surface area contributed by atoms with Crippen molar-refractivity contribution in [3.05, 3.63) is 217 Å². The fraction of sp³-hybridized carbons (Fsp3) is 0.0526. The van der Waals surface area contributed by atoms with Crippen LogP contribution in [0, 0.1) is 0 Å². The molecule has 0 saturated heterocycles. The Hall–Kier alpha value is -7.34. The molecular formula is C57H40BN3S. The molecule has 5 heteroatoms. The molecule has 3 nitrogen and oxygen atoms in total. The Balaban J connectivity index is 1.09. The summed E-state index contributed by atoms with van der Waals surface area (Å²) in [5.41, 5.74) is 19.7. The first-order valence-corrected chi connectivity index (χ1v) is 22.4. The number of thiophene rings is 1. The lowest BCUT2D eigenvalue weighted by molar-refractivity contribution is 0.660. The van der Waals surface area contributed by atoms with Gasteiger partial charge >= 0.3 is 0 Å². The van der Waals surface area contributed by atoms with Crippen molar-refractivity contribution in [2.24, 2.45) is 0 Å². The van der Waals surface area contributed by atoms with E-state index in [1.165, 1.54) is 92.9 Å². The van der Waals surface area contributed by atoms with Crippen molar-refractivity contribution in [1.82, 2.24) is 0 Å². The molecule has 292 valence electrons. The number of hydrogen-bond acceptors (Lipinski definition) is 4. The summed E-state index contributed by atoms with van der Waals surface area (Å²) in [7, 11) is 0. The highest BCUT2D eigenvalue weighted by atomic mass is 32.1. The molecule has 13 rings (SSSR count). The molecule has 0 saturated carbocycles. The van der Waals surface area contributed by atoms with Gasteiger partial charge in [-0.2, -0.15) is 0 Å². The van der Waals surface area contributed by atoms with Crippen LogP contribution in [-0.2, 0) is 5.41 Å². The molecule has 1 aromatic heterocycles. The molecule has 9 aromatic carbocycles. The monoisotopic (exact) mass is 809 g/mol. The van der Waals surface area contributed by atoms with Crippen LogP contribution < -0.4 is 31.1 Å². The third-order valence-corrected chi connectivity index (χ3v) is 14.8. The number of para-hydroxylation sites is 3. The molecule has 0 bridgehead atoms. The molecular weight excluding hydrogens is 770 g/mol. The topological polar surface area (TPSA) is 9.72 Å². The Morgan fingerprint density at radius 1 is 0.435 bits per heavy atom. The second-order valence-corrected chi connectivity index (χ2v) is 18.4. The van der Waals surface area contributed by atoms with Crippen LogP contribution in [0.15, 0.2) is 206 Å². The second-order valence-electron chi connectivity index (χ2n) is 17.3. The maximum atomic E-state index is 2.60. The van der Waals surface area contributed by atoms with Crippen molar-refractivity contribution < 1.29 is 0 Å². The molecule has 0 unspecified atom stereocenters. The van der Waals surface area contributed by atoms with Gasteiger partial charge in [0.2, 0.25) is 0 Å². The Labute approximate surface area is 366 Å². The van der Waals surface area contributed by atoms with Crippen LogP contribution >= 0.6 is 11.3 Å². The van der Waals surface area contributed by atoms with Gasteiger partial charge in [0.25, 0.3) is 6.71 Å². The number of fused-ring (bicyclic) bond motifs is 10. The summed E-state index contributed by atoms with van der Waals surface area (Å²) in [6.45, 7) is 4.78. The normalized spacial score (nSPS) is 14.0. The van der Waals surface area contributed by atoms with Crippen molar-refractivity contribution in [2.75, 3.05) is 14.7 Å². The number of rotatable bonds is 5. The average molecular weight is 810 g/mol. The van der Waals surface area contributed by atoms with Crippen LogP contribution in [0.25, 0.3) is 31.3 Å². The highest BCUT2D eigenvalue weighted by molar-refractivity contribution is 7.25. The molecule has 0 radical (unpaired) electrons. The lowest BCUT2D eigenvalue weighted by Crippen LogP contribution is -2.61. The molecule has 3 aliphatic rings. The van der Waals surface area contributed by atoms with E-state index in [4.69, 9.17) is 0 Å². The zero-order chi connectivity index (χ0) is 41.1. The first-order chi connectivity index (χ1) is 30.5. The minimum Gasteiger partial charge on any atom is -0.311 e. The molecule has 1 aliphatic carbocycles. The molecule has 10 aromatic rings. The summed E-state index contributed by atoms with van der Waals surface area (Å²) in [6.07, 6.45) is 0. The highest BCUT2D eigenvalue weighted by Crippen LogP contribution is 2.55. The van der Waals surface area contributed by atoms with Gasteiger partial charge in [-0.1, -0.05) is 141 Å². The van der Waals surface area contributed by atoms with Crippen molar-refractivity contribution >= 4 is 106 Å². The third kappa shape index (κ3) is 5.00. The van der Waals surface area contributed by atoms with Crippen LogP contribution in [0.1, 0.15) is 25.0 Å². The smallest absolute Gasteiger partial charge is 0.252 e. The predicted octanol–water partition coefficient (Wildman–Crippen LogP) is 13.9. The first kappa shape index (κ1) is 35.4. The molecule has 2 aliphatic heterocycles. The SMILES string of the molecule is CC1(C)c2ccccc2-c2c(N3c4cc(N(c5ccccc5)c5ccccc5)ccc4B4c5ccccc5N(c5ccc6c(c5)sc5ccccc56)c5cccc3c54)cccc21. The van der Waals surface area contributed by atoms with Crippen molar-refractivity contribution in [3.8, 4) is 11.1 Å². The van der Waals surface area contributed by atoms with E-state index < -0.39 is 0 Å². The average Bonchev–Trinajstić information content (AvgIpc) is 3.81. The number of hydrogen-bond donors (Lipinski definition) is 0. The minimum atomic E-state index is -0.139. The fourth-order valence-corrected chi connectivity index (χ4v) is 12.1. The van der Waals surface area contributed by atoms with Gasteiger partial charge in [-0.3, -0.25) is 0 Å². The highest BCUT2D eigenvalue weighted by Gasteiger charge is 2.45. The van der Waals surface area contributed by atoms with Crippen molar-refractivity contribution in [2.45, 2.75) is 19.3 Å². The number of anilines is 9. The standard InChI is InChI=1S/C57H40BN3S/c1-57(2)44-23-11-9-22-43(44)55-45(57)24-15-27-49(55)61-51-29-16-28-50-56(51)58(47-34-32-39(35-52(47)61)59(37-17-5-3-6-18-37)38-19-7-4-8-20-38)46-25-12-13-26-48(46)60(50)40-31-33-42-41-21-10-14-30-53(41)62-54(42)36-40/h3-36H,1-2H3. The van der Waals surface area contributed by atoms with Gasteiger partial charge < -0.3 is 14.7 Å². The van der Waals surface area contributed by atoms with Crippen LogP contribution in [-0.4, -0.2) is 6.71 Å². The first-order valence-electron chi connectivity index (χ1n) is 21.6. The summed E-state index contributed by atoms with van der Waals surface area (Å²) in [5, 5.41) is 2.63. The maximum absolute atomic E-state index is 2.60. The Morgan fingerprint density at radius 2 is 1.05 bits per heavy atom. The van der Waals surface area contributed by atoms with Gasteiger partial charge in [-0.15, -0.1) is 11.3 Å². The molecule has 0 fully saturated rings. The molecule has 62 heavy (non-hydrogen) atoms. The quantitative estimate of drug-likeness (QED) is 0.160. The summed E-state index contributed by atoms with van der Waals surface area (Å²) < 4.78 is 2.62. The van der Waals surface area contributed by atoms with E-state index in [0.29, 0.717) is 0 Å². The van der Waals surface area contributed by atoms with Crippen molar-refractivity contribution in [1.29, 1.82) is 0 Å². The van der Waals surface area contributed by atoms with E-state index in [-0.39, 0.29) is 12.1 Å². The Morgan fingerprint density at radius 3 is 1.87 bits per heavy atom.